The highest BCUT2D eigenvalue weighted by Gasteiger charge is 2.30. The molecule has 0 fully saturated rings. The summed E-state index contributed by atoms with van der Waals surface area (Å²) in [4.78, 5) is 0. The molecular weight excluding hydrogens is 321 g/mol. The molecule has 0 atom stereocenters. The van der Waals surface area contributed by atoms with Crippen LogP contribution in [0.25, 0.3) is 0 Å². The van der Waals surface area contributed by atoms with Gasteiger partial charge in [-0.05, 0) is 30.3 Å². The van der Waals surface area contributed by atoms with Crippen LogP contribution in [0, 0.1) is 0 Å². The highest BCUT2D eigenvalue weighted by Crippen LogP contribution is 2.33. The second-order valence-corrected chi connectivity index (χ2v) is 4.71. The van der Waals surface area contributed by atoms with Gasteiger partial charge in [-0.15, -0.1) is 0 Å². The van der Waals surface area contributed by atoms with Gasteiger partial charge < -0.3 is 10.2 Å². The molecule has 0 saturated carbocycles. The maximum absolute atomic E-state index is 12.5. The summed E-state index contributed by atoms with van der Waals surface area (Å²) in [6, 6.07) is 6.72. The summed E-state index contributed by atoms with van der Waals surface area (Å²) in [5.41, 5.74) is 2.12. The Bertz CT molecular complexity index is 718. The van der Waals surface area contributed by atoms with Crippen LogP contribution in [-0.4, -0.2) is 16.4 Å². The number of halogens is 4. The summed E-state index contributed by atoms with van der Waals surface area (Å²) in [5, 5.41) is 22.3. The van der Waals surface area contributed by atoms with Crippen molar-refractivity contribution in [1.29, 1.82) is 0 Å². The van der Waals surface area contributed by atoms with Gasteiger partial charge in [0.25, 0.3) is 0 Å². The molecule has 2 aromatic rings. The van der Waals surface area contributed by atoms with Crippen molar-refractivity contribution in [2.75, 3.05) is 5.43 Å². The van der Waals surface area contributed by atoms with E-state index in [-0.39, 0.29) is 22.2 Å². The van der Waals surface area contributed by atoms with Gasteiger partial charge in [-0.3, -0.25) is 5.43 Å². The number of benzene rings is 2. The molecule has 0 aliphatic carbocycles. The Morgan fingerprint density at radius 1 is 1.09 bits per heavy atom. The smallest absolute Gasteiger partial charge is 0.416 e. The van der Waals surface area contributed by atoms with Crippen LogP contribution in [0.1, 0.15) is 11.1 Å². The Kier molecular flexibility index (Phi) is 4.46. The van der Waals surface area contributed by atoms with E-state index in [2.05, 4.69) is 10.5 Å². The van der Waals surface area contributed by atoms with E-state index in [1.165, 1.54) is 18.3 Å². The van der Waals surface area contributed by atoms with Gasteiger partial charge in [0.2, 0.25) is 0 Å². The van der Waals surface area contributed by atoms with E-state index >= 15 is 0 Å². The highest BCUT2D eigenvalue weighted by molar-refractivity contribution is 6.33. The molecule has 0 aliphatic heterocycles. The van der Waals surface area contributed by atoms with Gasteiger partial charge in [-0.2, -0.15) is 18.3 Å². The maximum atomic E-state index is 12.5. The number of aromatic hydroxyl groups is 2. The third kappa shape index (κ3) is 3.82. The lowest BCUT2D eigenvalue weighted by atomic mass is 10.2. The van der Waals surface area contributed by atoms with Crippen molar-refractivity contribution in [2.24, 2.45) is 5.10 Å². The van der Waals surface area contributed by atoms with Gasteiger partial charge in [0, 0.05) is 11.6 Å². The Morgan fingerprint density at radius 2 is 1.82 bits per heavy atom. The lowest BCUT2D eigenvalue weighted by Crippen LogP contribution is -2.05. The van der Waals surface area contributed by atoms with E-state index in [4.69, 9.17) is 16.7 Å². The van der Waals surface area contributed by atoms with Crippen LogP contribution >= 0.6 is 11.6 Å². The summed E-state index contributed by atoms with van der Waals surface area (Å²) in [6.07, 6.45) is -3.23. The summed E-state index contributed by atoms with van der Waals surface area (Å²) in [7, 11) is 0. The van der Waals surface area contributed by atoms with E-state index in [1.807, 2.05) is 0 Å². The molecule has 2 aromatic carbocycles. The van der Waals surface area contributed by atoms with Crippen LogP contribution < -0.4 is 5.43 Å². The van der Waals surface area contributed by atoms with Crippen molar-refractivity contribution >= 4 is 23.5 Å². The molecular formula is C14H10ClF3N2O2. The average Bonchev–Trinajstić information content (AvgIpc) is 2.41. The molecule has 0 unspecified atom stereocenters. The first-order valence-electron chi connectivity index (χ1n) is 5.95. The van der Waals surface area contributed by atoms with Crippen LogP contribution in [0.5, 0.6) is 11.5 Å². The van der Waals surface area contributed by atoms with Crippen LogP contribution in [0.2, 0.25) is 5.02 Å². The lowest BCUT2D eigenvalue weighted by molar-refractivity contribution is -0.137. The van der Waals surface area contributed by atoms with Gasteiger partial charge >= 0.3 is 6.18 Å². The van der Waals surface area contributed by atoms with E-state index in [0.29, 0.717) is 5.56 Å². The maximum Gasteiger partial charge on any atom is 0.416 e. The Hall–Kier alpha value is -2.41. The zero-order valence-corrected chi connectivity index (χ0v) is 11.7. The van der Waals surface area contributed by atoms with E-state index in [9.17, 15) is 18.3 Å². The van der Waals surface area contributed by atoms with Crippen molar-refractivity contribution in [3.8, 4) is 11.5 Å². The van der Waals surface area contributed by atoms with Crippen molar-refractivity contribution in [1.82, 2.24) is 0 Å². The molecule has 3 N–H and O–H groups in total. The van der Waals surface area contributed by atoms with E-state index < -0.39 is 11.7 Å². The molecule has 2 rings (SSSR count). The van der Waals surface area contributed by atoms with Gasteiger partial charge in [0.05, 0.1) is 22.5 Å². The van der Waals surface area contributed by atoms with Gasteiger partial charge in [-0.25, -0.2) is 0 Å². The standard InChI is InChI=1S/C14H10ClF3N2O2/c15-11-5-9(14(16,17)18)2-4-12(11)20-19-7-8-1-3-10(21)6-13(8)22/h1-7,20-22H/b19-7+. The topological polar surface area (TPSA) is 64.9 Å². The summed E-state index contributed by atoms with van der Waals surface area (Å²) < 4.78 is 37.5. The van der Waals surface area contributed by atoms with Crippen molar-refractivity contribution in [3.63, 3.8) is 0 Å². The monoisotopic (exact) mass is 330 g/mol. The minimum absolute atomic E-state index is 0.103. The summed E-state index contributed by atoms with van der Waals surface area (Å²) in [6.45, 7) is 0. The predicted molar refractivity (Wildman–Crippen MR) is 77.4 cm³/mol. The molecule has 116 valence electrons. The molecule has 0 spiro atoms. The summed E-state index contributed by atoms with van der Waals surface area (Å²) >= 11 is 5.75. The molecule has 22 heavy (non-hydrogen) atoms. The number of nitrogens with zero attached hydrogens (tertiary/aromatic N) is 1. The number of phenols is 2. The SMILES string of the molecule is Oc1ccc(/C=N/Nc2ccc(C(F)(F)F)cc2Cl)c(O)c1. The first-order valence-corrected chi connectivity index (χ1v) is 6.33. The fraction of sp³-hybridized carbons (Fsp3) is 0.0714. The number of nitrogens with one attached hydrogen (secondary N) is 1. The zero-order chi connectivity index (χ0) is 16.3. The Balaban J connectivity index is 2.13. The number of phenolic OH excluding ortho intramolecular Hbond substituents is 2. The van der Waals surface area contributed by atoms with E-state index in [1.54, 1.807) is 0 Å². The molecule has 4 nitrogen and oxygen atoms in total. The largest absolute Gasteiger partial charge is 0.508 e. The van der Waals surface area contributed by atoms with Crippen LogP contribution in [0.4, 0.5) is 18.9 Å². The number of hydrogen-bond acceptors (Lipinski definition) is 4. The normalized spacial score (nSPS) is 11.8. The number of hydrogen-bond donors (Lipinski definition) is 3. The molecule has 0 bridgehead atoms. The molecule has 0 aliphatic rings. The van der Waals surface area contributed by atoms with Crippen molar-refractivity contribution < 1.29 is 23.4 Å². The van der Waals surface area contributed by atoms with Crippen molar-refractivity contribution in [2.45, 2.75) is 6.18 Å². The number of hydrazone groups is 1. The molecule has 0 radical (unpaired) electrons. The lowest BCUT2D eigenvalue weighted by Gasteiger charge is -2.09. The number of anilines is 1. The number of rotatable bonds is 3. The molecule has 0 aromatic heterocycles. The van der Waals surface area contributed by atoms with Gasteiger partial charge in [0.1, 0.15) is 11.5 Å². The third-order valence-corrected chi connectivity index (χ3v) is 3.01. The summed E-state index contributed by atoms with van der Waals surface area (Å²) in [5.74, 6) is -0.294. The van der Waals surface area contributed by atoms with Crippen molar-refractivity contribution in [3.05, 3.63) is 52.5 Å². The first-order chi connectivity index (χ1) is 10.3. The molecule has 0 heterocycles. The Morgan fingerprint density at radius 3 is 2.41 bits per heavy atom. The highest BCUT2D eigenvalue weighted by atomic mass is 35.5. The Labute approximate surface area is 128 Å². The second-order valence-electron chi connectivity index (χ2n) is 4.31. The molecule has 0 saturated heterocycles. The van der Waals surface area contributed by atoms with Gasteiger partial charge in [0.15, 0.2) is 0 Å². The number of alkyl halides is 3. The fourth-order valence-corrected chi connectivity index (χ4v) is 1.82. The molecule has 0 amide bonds. The molecule has 8 heteroatoms. The third-order valence-electron chi connectivity index (χ3n) is 2.70. The van der Waals surface area contributed by atoms with E-state index in [0.717, 1.165) is 24.3 Å². The second kappa shape index (κ2) is 6.15. The minimum atomic E-state index is -4.47. The van der Waals surface area contributed by atoms with Gasteiger partial charge in [-0.1, -0.05) is 11.6 Å². The minimum Gasteiger partial charge on any atom is -0.508 e. The quantitative estimate of drug-likeness (QED) is 0.583. The van der Waals surface area contributed by atoms with Crippen LogP contribution in [0.15, 0.2) is 41.5 Å². The average molecular weight is 331 g/mol. The van der Waals surface area contributed by atoms with Crippen LogP contribution in [0.3, 0.4) is 0 Å². The van der Waals surface area contributed by atoms with Crippen LogP contribution in [-0.2, 0) is 6.18 Å². The predicted octanol–water partition coefficient (Wildman–Crippen LogP) is 4.22. The first kappa shape index (κ1) is 16.0. The zero-order valence-electron chi connectivity index (χ0n) is 10.9. The fourth-order valence-electron chi connectivity index (χ4n) is 1.59.